The molecule has 0 aliphatic rings. The highest BCUT2D eigenvalue weighted by Crippen LogP contribution is 2.37. The Kier molecular flexibility index (Phi) is 3.76. The Balaban J connectivity index is 2.72. The molecular formula is C10H12N2O5. The molecule has 0 aliphatic carbocycles. The van der Waals surface area contributed by atoms with E-state index in [0.717, 1.165) is 6.07 Å². The van der Waals surface area contributed by atoms with Gasteiger partial charge in [-0.25, -0.2) is 0 Å². The van der Waals surface area contributed by atoms with E-state index in [0.29, 0.717) is 0 Å². The van der Waals surface area contributed by atoms with Crippen LogP contribution in [0.5, 0.6) is 17.2 Å². The fourth-order valence-electron chi connectivity index (χ4n) is 1.17. The van der Waals surface area contributed by atoms with Gasteiger partial charge in [-0.05, 0) is 6.07 Å². The molecule has 0 radical (unpaired) electrons. The van der Waals surface area contributed by atoms with E-state index in [4.69, 9.17) is 10.8 Å². The quantitative estimate of drug-likeness (QED) is 0.428. The number of hydrogen-bond acceptors (Lipinski definition) is 5. The van der Waals surface area contributed by atoms with E-state index in [1.54, 1.807) is 0 Å². The summed E-state index contributed by atoms with van der Waals surface area (Å²) in [5, 5.41) is 29.9. The highest BCUT2D eigenvalue weighted by molar-refractivity contribution is 5.85. The summed E-state index contributed by atoms with van der Waals surface area (Å²) in [4.78, 5) is 21.7. The van der Waals surface area contributed by atoms with E-state index < -0.39 is 29.1 Å². The van der Waals surface area contributed by atoms with Crippen LogP contribution in [0.3, 0.4) is 0 Å². The lowest BCUT2D eigenvalue weighted by molar-refractivity contribution is -0.124. The van der Waals surface area contributed by atoms with Crippen molar-refractivity contribution in [2.45, 2.75) is 6.42 Å². The van der Waals surface area contributed by atoms with Crippen LogP contribution < -0.4 is 11.1 Å². The van der Waals surface area contributed by atoms with Crippen molar-refractivity contribution in [2.75, 3.05) is 6.54 Å². The number of phenolic OH excluding ortho intramolecular Hbond substituents is 3. The molecule has 0 unspecified atom stereocenters. The first-order chi connectivity index (χ1) is 7.91. The summed E-state index contributed by atoms with van der Waals surface area (Å²) in [6.45, 7) is -0.302. The second-order valence-corrected chi connectivity index (χ2v) is 3.36. The number of hydrogen-bond donors (Lipinski definition) is 5. The molecule has 17 heavy (non-hydrogen) atoms. The maximum absolute atomic E-state index is 11.3. The van der Waals surface area contributed by atoms with Crippen molar-refractivity contribution in [1.82, 2.24) is 5.32 Å². The second-order valence-electron chi connectivity index (χ2n) is 3.36. The molecule has 0 aliphatic heterocycles. The van der Waals surface area contributed by atoms with Gasteiger partial charge in [-0.15, -0.1) is 0 Å². The van der Waals surface area contributed by atoms with Gasteiger partial charge in [-0.3, -0.25) is 9.59 Å². The van der Waals surface area contributed by atoms with Crippen molar-refractivity contribution < 1.29 is 24.9 Å². The summed E-state index contributed by atoms with van der Waals surface area (Å²) in [6.07, 6.45) is -0.243. The molecule has 2 amide bonds. The fourth-order valence-corrected chi connectivity index (χ4v) is 1.17. The Bertz CT molecular complexity index is 458. The van der Waals surface area contributed by atoms with Crippen molar-refractivity contribution in [3.05, 3.63) is 17.7 Å². The number of phenols is 3. The van der Waals surface area contributed by atoms with Crippen LogP contribution in [0.2, 0.25) is 0 Å². The van der Waals surface area contributed by atoms with Crippen molar-refractivity contribution in [3.8, 4) is 17.2 Å². The normalized spacial score (nSPS) is 9.88. The van der Waals surface area contributed by atoms with E-state index in [1.165, 1.54) is 6.07 Å². The predicted molar refractivity (Wildman–Crippen MR) is 57.3 cm³/mol. The van der Waals surface area contributed by atoms with E-state index in [2.05, 4.69) is 5.32 Å². The monoisotopic (exact) mass is 240 g/mol. The molecule has 0 fully saturated rings. The molecule has 0 heterocycles. The van der Waals surface area contributed by atoms with Crippen molar-refractivity contribution >= 4 is 11.8 Å². The first-order valence-corrected chi connectivity index (χ1v) is 4.69. The highest BCUT2D eigenvalue weighted by Gasteiger charge is 2.13. The molecule has 1 rings (SSSR count). The average Bonchev–Trinajstić information content (AvgIpc) is 2.27. The van der Waals surface area contributed by atoms with Crippen LogP contribution in [0.1, 0.15) is 5.56 Å². The number of primary amides is 1. The number of nitrogens with two attached hydrogens (primary N) is 1. The van der Waals surface area contributed by atoms with Gasteiger partial charge >= 0.3 is 0 Å². The van der Waals surface area contributed by atoms with Crippen LogP contribution in [0.25, 0.3) is 0 Å². The molecule has 1 aromatic carbocycles. The zero-order valence-corrected chi connectivity index (χ0v) is 8.80. The standard InChI is InChI=1S/C10H12N2O5/c11-7(14)4-12-8(15)3-5-1-2-6(13)10(17)9(5)16/h1-2,13,16-17H,3-4H2,(H2,11,14)(H,12,15). The SMILES string of the molecule is NC(=O)CNC(=O)Cc1ccc(O)c(O)c1O. The minimum Gasteiger partial charge on any atom is -0.504 e. The molecule has 7 nitrogen and oxygen atoms in total. The molecule has 1 aromatic rings. The van der Waals surface area contributed by atoms with Crippen molar-refractivity contribution in [1.29, 1.82) is 0 Å². The third kappa shape index (κ3) is 3.26. The summed E-state index contributed by atoms with van der Waals surface area (Å²) in [5.41, 5.74) is 4.96. The summed E-state index contributed by atoms with van der Waals surface area (Å²) < 4.78 is 0. The van der Waals surface area contributed by atoms with Gasteiger partial charge in [0, 0.05) is 5.56 Å². The summed E-state index contributed by atoms with van der Waals surface area (Å²) in [6, 6.07) is 2.43. The van der Waals surface area contributed by atoms with Gasteiger partial charge in [0.15, 0.2) is 11.5 Å². The van der Waals surface area contributed by atoms with E-state index in [-0.39, 0.29) is 18.5 Å². The predicted octanol–water partition coefficient (Wildman–Crippen LogP) is -1.05. The molecule has 0 saturated heterocycles. The molecular weight excluding hydrogens is 228 g/mol. The van der Waals surface area contributed by atoms with Gasteiger partial charge in [0.2, 0.25) is 17.6 Å². The smallest absolute Gasteiger partial charge is 0.236 e. The number of benzene rings is 1. The number of nitrogens with one attached hydrogen (secondary N) is 1. The van der Waals surface area contributed by atoms with Gasteiger partial charge in [-0.1, -0.05) is 6.07 Å². The number of rotatable bonds is 4. The molecule has 92 valence electrons. The van der Waals surface area contributed by atoms with E-state index in [9.17, 15) is 19.8 Å². The topological polar surface area (TPSA) is 133 Å². The Morgan fingerprint density at radius 1 is 1.18 bits per heavy atom. The Morgan fingerprint density at radius 3 is 2.41 bits per heavy atom. The fraction of sp³-hybridized carbons (Fsp3) is 0.200. The number of amides is 2. The zero-order chi connectivity index (χ0) is 13.0. The molecule has 7 heteroatoms. The summed E-state index contributed by atoms with van der Waals surface area (Å²) in [5.74, 6) is -2.96. The molecule has 0 aromatic heterocycles. The average molecular weight is 240 g/mol. The third-order valence-electron chi connectivity index (χ3n) is 2.02. The minimum absolute atomic E-state index is 0.127. The van der Waals surface area contributed by atoms with Gasteiger partial charge in [0.1, 0.15) is 0 Å². The van der Waals surface area contributed by atoms with Crippen LogP contribution in [-0.2, 0) is 16.0 Å². The van der Waals surface area contributed by atoms with Crippen LogP contribution in [0.15, 0.2) is 12.1 Å². The highest BCUT2D eigenvalue weighted by atomic mass is 16.3. The maximum atomic E-state index is 11.3. The number of carbonyl (C=O) groups is 2. The van der Waals surface area contributed by atoms with Crippen LogP contribution >= 0.6 is 0 Å². The maximum Gasteiger partial charge on any atom is 0.236 e. The Hall–Kier alpha value is -2.44. The van der Waals surface area contributed by atoms with Gasteiger partial charge in [-0.2, -0.15) is 0 Å². The van der Waals surface area contributed by atoms with E-state index >= 15 is 0 Å². The van der Waals surface area contributed by atoms with Gasteiger partial charge < -0.3 is 26.4 Å². The van der Waals surface area contributed by atoms with Gasteiger partial charge in [0.05, 0.1) is 13.0 Å². The third-order valence-corrected chi connectivity index (χ3v) is 2.02. The first kappa shape index (κ1) is 12.6. The van der Waals surface area contributed by atoms with Crippen molar-refractivity contribution in [3.63, 3.8) is 0 Å². The van der Waals surface area contributed by atoms with Gasteiger partial charge in [0.25, 0.3) is 0 Å². The van der Waals surface area contributed by atoms with Crippen LogP contribution in [0, 0.1) is 0 Å². The molecule has 0 spiro atoms. The second kappa shape index (κ2) is 5.06. The minimum atomic E-state index is -0.690. The summed E-state index contributed by atoms with van der Waals surface area (Å²) in [7, 11) is 0. The Labute approximate surface area is 96.5 Å². The lowest BCUT2D eigenvalue weighted by Gasteiger charge is -2.07. The largest absolute Gasteiger partial charge is 0.504 e. The first-order valence-electron chi connectivity index (χ1n) is 4.69. The molecule has 6 N–H and O–H groups in total. The molecule has 0 atom stereocenters. The van der Waals surface area contributed by atoms with Crippen LogP contribution in [-0.4, -0.2) is 33.7 Å². The van der Waals surface area contributed by atoms with Crippen LogP contribution in [0.4, 0.5) is 0 Å². The number of carbonyl (C=O) groups excluding carboxylic acids is 2. The number of aromatic hydroxyl groups is 3. The summed E-state index contributed by atoms with van der Waals surface area (Å²) >= 11 is 0. The lowest BCUT2D eigenvalue weighted by atomic mass is 10.1. The van der Waals surface area contributed by atoms with E-state index in [1.807, 2.05) is 0 Å². The molecule has 0 saturated carbocycles. The zero-order valence-electron chi connectivity index (χ0n) is 8.80. The molecule has 0 bridgehead atoms. The lowest BCUT2D eigenvalue weighted by Crippen LogP contribution is -2.34. The van der Waals surface area contributed by atoms with Crippen molar-refractivity contribution in [2.24, 2.45) is 5.73 Å². The Morgan fingerprint density at radius 2 is 1.82 bits per heavy atom.